The second-order valence-corrected chi connectivity index (χ2v) is 10.5. The van der Waals surface area contributed by atoms with E-state index in [2.05, 4.69) is 17.4 Å². The van der Waals surface area contributed by atoms with Crippen LogP contribution in [-0.2, 0) is 16.1 Å². The van der Waals surface area contributed by atoms with Crippen LogP contribution in [0.5, 0.6) is 5.75 Å². The van der Waals surface area contributed by atoms with E-state index in [0.29, 0.717) is 6.54 Å². The second kappa shape index (κ2) is 11.0. The molecule has 0 radical (unpaired) electrons. The first kappa shape index (κ1) is 23.5. The summed E-state index contributed by atoms with van der Waals surface area (Å²) in [4.78, 5) is 31.3. The van der Waals surface area contributed by atoms with E-state index in [0.717, 1.165) is 46.8 Å². The normalized spacial score (nSPS) is 15.1. The lowest BCUT2D eigenvalue weighted by Crippen LogP contribution is -2.46. The summed E-state index contributed by atoms with van der Waals surface area (Å²) in [5.41, 5.74) is 0.955. The summed E-state index contributed by atoms with van der Waals surface area (Å²) in [5.74, 6) is 0.546. The van der Waals surface area contributed by atoms with Gasteiger partial charge in [-0.25, -0.2) is 0 Å². The van der Waals surface area contributed by atoms with Gasteiger partial charge in [0.25, 0.3) is 0 Å². The number of methoxy groups -OCH3 is 1. The second-order valence-electron chi connectivity index (χ2n) is 8.42. The Labute approximate surface area is 203 Å². The van der Waals surface area contributed by atoms with Gasteiger partial charge in [-0.05, 0) is 54.1 Å². The molecule has 0 bridgehead atoms. The van der Waals surface area contributed by atoms with Crippen LogP contribution in [0.2, 0.25) is 0 Å². The summed E-state index contributed by atoms with van der Waals surface area (Å²) >= 11 is 3.26. The third-order valence-electron chi connectivity index (χ3n) is 6.09. The van der Waals surface area contributed by atoms with E-state index in [1.54, 1.807) is 34.7 Å². The van der Waals surface area contributed by atoms with Gasteiger partial charge in [0.05, 0.1) is 7.11 Å². The zero-order valence-corrected chi connectivity index (χ0v) is 20.7. The molecule has 3 aromatic rings. The molecule has 174 valence electrons. The molecule has 0 spiro atoms. The van der Waals surface area contributed by atoms with E-state index >= 15 is 0 Å². The molecular formula is C26H30N2O3S2. The van der Waals surface area contributed by atoms with Crippen molar-refractivity contribution in [3.05, 3.63) is 64.4 Å². The Morgan fingerprint density at radius 1 is 1.06 bits per heavy atom. The molecule has 1 atom stereocenters. The fraction of sp³-hybridized carbons (Fsp3) is 0.385. The fourth-order valence-corrected chi connectivity index (χ4v) is 6.27. The van der Waals surface area contributed by atoms with Gasteiger partial charge >= 0.3 is 0 Å². The first-order valence-corrected chi connectivity index (χ1v) is 13.1. The summed E-state index contributed by atoms with van der Waals surface area (Å²) in [6, 6.07) is 15.3. The Hall–Kier alpha value is -2.64. The Bertz CT molecular complexity index is 1050. The number of carbonyl (C=O) groups is 2. The van der Waals surface area contributed by atoms with Crippen molar-refractivity contribution in [2.24, 2.45) is 0 Å². The highest BCUT2D eigenvalue weighted by Crippen LogP contribution is 2.37. The van der Waals surface area contributed by atoms with Crippen LogP contribution in [0, 0.1) is 0 Å². The summed E-state index contributed by atoms with van der Waals surface area (Å²) in [6.45, 7) is 1.90. The number of hydrogen-bond donors (Lipinski definition) is 1. The van der Waals surface area contributed by atoms with Crippen molar-refractivity contribution in [2.75, 3.05) is 7.11 Å². The van der Waals surface area contributed by atoms with E-state index in [-0.39, 0.29) is 17.9 Å². The van der Waals surface area contributed by atoms with Gasteiger partial charge < -0.3 is 15.0 Å². The van der Waals surface area contributed by atoms with Gasteiger partial charge in [0.1, 0.15) is 11.8 Å². The minimum Gasteiger partial charge on any atom is -0.497 e. The van der Waals surface area contributed by atoms with Crippen LogP contribution in [0.3, 0.4) is 0 Å². The van der Waals surface area contributed by atoms with Crippen LogP contribution in [0.15, 0.2) is 53.9 Å². The lowest BCUT2D eigenvalue weighted by molar-refractivity contribution is -0.140. The standard InChI is InChI=1S/C26H30N2O3S2/c1-18(29)28(17-19-10-12-21(31-2)13-11-19)25(26(30)27-20-7-4-3-5-8-20)24-15-14-23(33-24)22-9-6-16-32-22/h6,9-16,20,25H,3-5,7-8,17H2,1-2H3,(H,27,30). The number of ether oxygens (including phenoxy) is 1. The van der Waals surface area contributed by atoms with E-state index in [1.807, 2.05) is 41.8 Å². The zero-order chi connectivity index (χ0) is 23.2. The number of nitrogens with one attached hydrogen (secondary N) is 1. The molecular weight excluding hydrogens is 452 g/mol. The lowest BCUT2D eigenvalue weighted by atomic mass is 9.95. The van der Waals surface area contributed by atoms with E-state index in [1.165, 1.54) is 18.2 Å². The highest BCUT2D eigenvalue weighted by molar-refractivity contribution is 7.21. The van der Waals surface area contributed by atoms with E-state index in [4.69, 9.17) is 4.74 Å². The van der Waals surface area contributed by atoms with Gasteiger partial charge in [0, 0.05) is 34.1 Å². The molecule has 2 amide bonds. The predicted molar refractivity (Wildman–Crippen MR) is 135 cm³/mol. The van der Waals surface area contributed by atoms with Crippen molar-refractivity contribution in [1.29, 1.82) is 0 Å². The third-order valence-corrected chi connectivity index (χ3v) is 8.29. The molecule has 2 heterocycles. The van der Waals surface area contributed by atoms with Crippen molar-refractivity contribution in [2.45, 2.75) is 57.7 Å². The minimum absolute atomic E-state index is 0.0924. The number of rotatable bonds is 8. The monoisotopic (exact) mass is 482 g/mol. The molecule has 1 unspecified atom stereocenters. The van der Waals surface area contributed by atoms with Gasteiger partial charge in [0.2, 0.25) is 11.8 Å². The Balaban J connectivity index is 1.64. The number of hydrogen-bond acceptors (Lipinski definition) is 5. The first-order valence-electron chi connectivity index (χ1n) is 11.4. The summed E-state index contributed by atoms with van der Waals surface area (Å²) in [5, 5.41) is 5.31. The zero-order valence-electron chi connectivity index (χ0n) is 19.1. The quantitative estimate of drug-likeness (QED) is 0.427. The summed E-state index contributed by atoms with van der Waals surface area (Å²) in [7, 11) is 1.63. The number of carbonyl (C=O) groups excluding carboxylic acids is 2. The van der Waals surface area contributed by atoms with Crippen LogP contribution in [0.25, 0.3) is 9.75 Å². The number of thiophene rings is 2. The molecule has 2 aromatic heterocycles. The van der Waals surface area contributed by atoms with Gasteiger partial charge in [-0.15, -0.1) is 22.7 Å². The molecule has 7 heteroatoms. The minimum atomic E-state index is -0.662. The molecule has 1 aliphatic carbocycles. The SMILES string of the molecule is COc1ccc(CN(C(C)=O)C(C(=O)NC2CCCCC2)c2ccc(-c3cccs3)s2)cc1. The summed E-state index contributed by atoms with van der Waals surface area (Å²) < 4.78 is 5.26. The van der Waals surface area contributed by atoms with Crippen molar-refractivity contribution in [1.82, 2.24) is 10.2 Å². The maximum Gasteiger partial charge on any atom is 0.248 e. The van der Waals surface area contributed by atoms with E-state index < -0.39 is 6.04 Å². The molecule has 1 aromatic carbocycles. The predicted octanol–water partition coefficient (Wildman–Crippen LogP) is 6.02. The van der Waals surface area contributed by atoms with Crippen molar-refractivity contribution < 1.29 is 14.3 Å². The van der Waals surface area contributed by atoms with Crippen molar-refractivity contribution >= 4 is 34.5 Å². The van der Waals surface area contributed by atoms with Gasteiger partial charge in [-0.1, -0.05) is 37.5 Å². The average molecular weight is 483 g/mol. The summed E-state index contributed by atoms with van der Waals surface area (Å²) in [6.07, 6.45) is 5.50. The van der Waals surface area contributed by atoms with Gasteiger partial charge in [-0.3, -0.25) is 9.59 Å². The highest BCUT2D eigenvalue weighted by Gasteiger charge is 2.33. The highest BCUT2D eigenvalue weighted by atomic mass is 32.1. The number of amides is 2. The van der Waals surface area contributed by atoms with Crippen molar-refractivity contribution in [3.8, 4) is 15.5 Å². The Kier molecular flexibility index (Phi) is 7.83. The molecule has 0 saturated heterocycles. The molecule has 1 fully saturated rings. The van der Waals surface area contributed by atoms with Crippen molar-refractivity contribution in [3.63, 3.8) is 0 Å². The molecule has 1 N–H and O–H groups in total. The van der Waals surface area contributed by atoms with Gasteiger partial charge in [-0.2, -0.15) is 0 Å². The first-order chi connectivity index (χ1) is 16.0. The van der Waals surface area contributed by atoms with Crippen LogP contribution >= 0.6 is 22.7 Å². The molecule has 1 aliphatic rings. The Morgan fingerprint density at radius 3 is 2.45 bits per heavy atom. The molecule has 5 nitrogen and oxygen atoms in total. The molecule has 1 saturated carbocycles. The smallest absolute Gasteiger partial charge is 0.248 e. The van der Waals surface area contributed by atoms with Gasteiger partial charge in [0.15, 0.2) is 0 Å². The van der Waals surface area contributed by atoms with Crippen LogP contribution in [0.4, 0.5) is 0 Å². The Morgan fingerprint density at radius 2 is 1.82 bits per heavy atom. The maximum atomic E-state index is 13.6. The third kappa shape index (κ3) is 5.84. The van der Waals surface area contributed by atoms with Crippen LogP contribution in [-0.4, -0.2) is 29.9 Å². The number of nitrogens with zero attached hydrogens (tertiary/aromatic N) is 1. The molecule has 33 heavy (non-hydrogen) atoms. The molecule has 4 rings (SSSR count). The molecule has 0 aliphatic heterocycles. The topological polar surface area (TPSA) is 58.6 Å². The fourth-order valence-electron chi connectivity index (χ4n) is 4.31. The van der Waals surface area contributed by atoms with E-state index in [9.17, 15) is 9.59 Å². The maximum absolute atomic E-state index is 13.6. The van der Waals surface area contributed by atoms with Crippen LogP contribution in [0.1, 0.15) is 55.5 Å². The average Bonchev–Trinajstić information content (AvgIpc) is 3.52. The van der Waals surface area contributed by atoms with Crippen LogP contribution < -0.4 is 10.1 Å². The lowest BCUT2D eigenvalue weighted by Gasteiger charge is -2.32. The number of benzene rings is 1. The largest absolute Gasteiger partial charge is 0.497 e.